The SMILES string of the molecule is CC(C)(C)c1ccc2c(c1)c1cc(C(C)(C)C)ccc1n2-c1ccc2oc3c(C#N)c4oc5ccc(-n6c7ccc(C(C)(C)C)cc7c7cc(C(C)(C)C)ccc76)nc5c4cc3c2n1. The zero-order valence-electron chi connectivity index (χ0n) is 38.9. The largest absolute Gasteiger partial charge is 0.453 e. The predicted molar refractivity (Wildman–Crippen MR) is 265 cm³/mol. The molecule has 6 heterocycles. The van der Waals surface area contributed by atoms with E-state index in [0.717, 1.165) is 44.5 Å². The van der Waals surface area contributed by atoms with Crippen molar-refractivity contribution in [1.82, 2.24) is 19.1 Å². The molecule has 0 aliphatic heterocycles. The van der Waals surface area contributed by atoms with Gasteiger partial charge in [0.1, 0.15) is 34.3 Å². The number of nitrogens with zero attached hydrogens (tertiary/aromatic N) is 5. The summed E-state index contributed by atoms with van der Waals surface area (Å²) in [5.41, 5.74) is 13.2. The number of rotatable bonds is 2. The van der Waals surface area contributed by atoms with E-state index < -0.39 is 0 Å². The number of nitriles is 1. The van der Waals surface area contributed by atoms with E-state index in [9.17, 15) is 5.26 Å². The maximum Gasteiger partial charge on any atom is 0.158 e. The molecule has 0 amide bonds. The summed E-state index contributed by atoms with van der Waals surface area (Å²) in [7, 11) is 0. The molecule has 0 spiro atoms. The Hall–Kier alpha value is -6.91. The van der Waals surface area contributed by atoms with Gasteiger partial charge in [0.2, 0.25) is 0 Å². The number of benzene rings is 5. The van der Waals surface area contributed by atoms with Crippen LogP contribution in [0, 0.1) is 11.3 Å². The van der Waals surface area contributed by atoms with Crippen molar-refractivity contribution in [2.45, 2.75) is 105 Å². The monoisotopic (exact) mass is 839 g/mol. The van der Waals surface area contributed by atoms with Crippen molar-refractivity contribution in [2.75, 3.05) is 0 Å². The summed E-state index contributed by atoms with van der Waals surface area (Å²) < 4.78 is 17.5. The van der Waals surface area contributed by atoms with Gasteiger partial charge in [-0.1, -0.05) is 107 Å². The van der Waals surface area contributed by atoms with E-state index in [2.05, 4.69) is 171 Å². The summed E-state index contributed by atoms with van der Waals surface area (Å²) in [4.78, 5) is 10.7. The van der Waals surface area contributed by atoms with Gasteiger partial charge in [-0.3, -0.25) is 9.13 Å². The summed E-state index contributed by atoms with van der Waals surface area (Å²) in [5, 5.41) is 17.0. The molecular weight excluding hydrogens is 787 g/mol. The minimum atomic E-state index is -0.0104. The molecule has 7 nitrogen and oxygen atoms in total. The molecule has 0 bridgehead atoms. The third kappa shape index (κ3) is 5.91. The number of aromatic nitrogens is 4. The summed E-state index contributed by atoms with van der Waals surface area (Å²) in [6, 6.07) is 39.7. The molecule has 0 aliphatic rings. The van der Waals surface area contributed by atoms with Gasteiger partial charge in [-0.05, 0) is 123 Å². The molecule has 7 heteroatoms. The second kappa shape index (κ2) is 13.1. The van der Waals surface area contributed by atoms with Gasteiger partial charge in [0, 0.05) is 32.3 Å². The highest BCUT2D eigenvalue weighted by Gasteiger charge is 2.26. The second-order valence-corrected chi connectivity index (χ2v) is 22.0. The molecule has 0 unspecified atom stereocenters. The van der Waals surface area contributed by atoms with Crippen LogP contribution >= 0.6 is 0 Å². The van der Waals surface area contributed by atoms with Gasteiger partial charge in [-0.2, -0.15) is 5.26 Å². The molecule has 0 saturated carbocycles. The molecule has 318 valence electrons. The van der Waals surface area contributed by atoms with E-state index in [4.69, 9.17) is 18.8 Å². The van der Waals surface area contributed by atoms with Gasteiger partial charge in [0.05, 0.1) is 22.1 Å². The first-order chi connectivity index (χ1) is 30.2. The normalized spacial score (nSPS) is 13.3. The van der Waals surface area contributed by atoms with Crippen molar-refractivity contribution in [2.24, 2.45) is 0 Å². The second-order valence-electron chi connectivity index (χ2n) is 22.0. The van der Waals surface area contributed by atoms with Crippen LogP contribution < -0.4 is 0 Å². The van der Waals surface area contributed by atoms with Gasteiger partial charge in [-0.25, -0.2) is 9.97 Å². The molecule has 6 aromatic heterocycles. The van der Waals surface area contributed by atoms with Crippen LogP contribution in [0.25, 0.3) is 99.4 Å². The average Bonchev–Trinajstić information content (AvgIpc) is 3.97. The zero-order chi connectivity index (χ0) is 45.0. The highest BCUT2D eigenvalue weighted by molar-refractivity contribution is 6.17. The molecular formula is C57H53N5O2. The fourth-order valence-corrected chi connectivity index (χ4v) is 9.61. The van der Waals surface area contributed by atoms with Crippen LogP contribution in [0.4, 0.5) is 0 Å². The van der Waals surface area contributed by atoms with E-state index in [-0.39, 0.29) is 21.7 Å². The quantitative estimate of drug-likeness (QED) is 0.173. The third-order valence-corrected chi connectivity index (χ3v) is 13.4. The number of hydrogen-bond acceptors (Lipinski definition) is 5. The van der Waals surface area contributed by atoms with Gasteiger partial charge in [-0.15, -0.1) is 0 Å². The fourth-order valence-electron chi connectivity index (χ4n) is 9.61. The maximum atomic E-state index is 10.8. The first-order valence-electron chi connectivity index (χ1n) is 22.4. The van der Waals surface area contributed by atoms with Crippen LogP contribution in [0.1, 0.15) is 111 Å². The van der Waals surface area contributed by atoms with E-state index in [1.165, 1.54) is 43.8 Å². The van der Waals surface area contributed by atoms with Crippen LogP contribution in [-0.2, 0) is 21.7 Å². The molecule has 0 atom stereocenters. The molecule has 0 fully saturated rings. The Labute approximate surface area is 372 Å². The van der Waals surface area contributed by atoms with Crippen molar-refractivity contribution < 1.29 is 8.83 Å². The van der Waals surface area contributed by atoms with Crippen LogP contribution in [0.2, 0.25) is 0 Å². The van der Waals surface area contributed by atoms with Gasteiger partial charge in [0.15, 0.2) is 22.3 Å². The summed E-state index contributed by atoms with van der Waals surface area (Å²) in [6.07, 6.45) is 0. The average molecular weight is 840 g/mol. The van der Waals surface area contributed by atoms with Crippen LogP contribution in [-0.4, -0.2) is 19.1 Å². The van der Waals surface area contributed by atoms with Crippen molar-refractivity contribution in [3.8, 4) is 17.7 Å². The Balaban J connectivity index is 1.14. The van der Waals surface area contributed by atoms with E-state index in [1.54, 1.807) is 0 Å². The highest BCUT2D eigenvalue weighted by Crippen LogP contribution is 2.43. The molecule has 0 saturated heterocycles. The van der Waals surface area contributed by atoms with Crippen molar-refractivity contribution in [3.05, 3.63) is 131 Å². The van der Waals surface area contributed by atoms with E-state index >= 15 is 0 Å². The van der Waals surface area contributed by atoms with E-state index in [1.807, 2.05) is 30.3 Å². The Morgan fingerprint density at radius 2 is 0.719 bits per heavy atom. The van der Waals surface area contributed by atoms with Crippen molar-refractivity contribution in [1.29, 1.82) is 5.26 Å². The van der Waals surface area contributed by atoms with Crippen LogP contribution in [0.3, 0.4) is 0 Å². The Bertz CT molecular complexity index is 3450. The smallest absolute Gasteiger partial charge is 0.158 e. The lowest BCUT2D eigenvalue weighted by Crippen LogP contribution is -2.10. The number of pyridine rings is 2. The van der Waals surface area contributed by atoms with E-state index in [0.29, 0.717) is 38.9 Å². The standard InChI is InChI=1S/C57H53N5O2/c1-54(2,3)31-13-17-42-35(25-31)36-26-32(55(4,5)6)14-18-43(36)61(42)48-23-21-46-50(59-48)39-29-40-51-47(64-53(40)41(30-58)52(39)63-46)22-24-49(60-51)62-44-19-15-33(56(7,8)9)27-37(44)38-28-34(57(10,11)12)16-20-45(38)62/h13-29H,1-12H3. The fraction of sp³-hybridized carbons (Fsp3) is 0.281. The minimum absolute atomic E-state index is 0.0104. The predicted octanol–water partition coefficient (Wildman–Crippen LogP) is 15.5. The third-order valence-electron chi connectivity index (χ3n) is 13.4. The van der Waals surface area contributed by atoms with Crippen LogP contribution in [0.15, 0.2) is 112 Å². The zero-order valence-corrected chi connectivity index (χ0v) is 38.9. The highest BCUT2D eigenvalue weighted by atomic mass is 16.3. The number of hydrogen-bond donors (Lipinski definition) is 0. The summed E-state index contributed by atoms with van der Waals surface area (Å²) >= 11 is 0. The molecule has 0 aliphatic carbocycles. The number of fused-ring (bicyclic) bond motifs is 12. The lowest BCUT2D eigenvalue weighted by molar-refractivity contribution is 0.590. The maximum absolute atomic E-state index is 10.8. The van der Waals surface area contributed by atoms with Crippen molar-refractivity contribution in [3.63, 3.8) is 0 Å². The lowest BCUT2D eigenvalue weighted by atomic mass is 9.85. The van der Waals surface area contributed by atoms with Crippen LogP contribution in [0.5, 0.6) is 0 Å². The topological polar surface area (TPSA) is 85.7 Å². The summed E-state index contributed by atoms with van der Waals surface area (Å²) in [5.74, 6) is 1.54. The minimum Gasteiger partial charge on any atom is -0.453 e. The first kappa shape index (κ1) is 39.9. The summed E-state index contributed by atoms with van der Waals surface area (Å²) in [6.45, 7) is 27.1. The first-order valence-corrected chi connectivity index (χ1v) is 22.4. The van der Waals surface area contributed by atoms with Gasteiger partial charge in [0.25, 0.3) is 0 Å². The molecule has 64 heavy (non-hydrogen) atoms. The number of furan rings is 2. The Morgan fingerprint density at radius 3 is 1.00 bits per heavy atom. The molecule has 0 radical (unpaired) electrons. The molecule has 5 aromatic carbocycles. The Morgan fingerprint density at radius 1 is 0.406 bits per heavy atom. The Kier molecular flexibility index (Phi) is 8.15. The van der Waals surface area contributed by atoms with Gasteiger partial charge >= 0.3 is 0 Å². The van der Waals surface area contributed by atoms with Crippen molar-refractivity contribution >= 4 is 87.7 Å². The molecule has 11 aromatic rings. The molecule has 0 N–H and O–H groups in total. The van der Waals surface area contributed by atoms with Gasteiger partial charge < -0.3 is 8.83 Å². The lowest BCUT2D eigenvalue weighted by Gasteiger charge is -2.19. The molecule has 11 rings (SSSR count).